The van der Waals surface area contributed by atoms with Gasteiger partial charge in [-0.2, -0.15) is 0 Å². The van der Waals surface area contributed by atoms with Crippen molar-refractivity contribution in [2.45, 2.75) is 43.6 Å². The molecular formula is C18H26N4O3. The summed E-state index contributed by atoms with van der Waals surface area (Å²) in [6, 6.07) is 0. The topological polar surface area (TPSA) is 69.9 Å². The average molecular weight is 346 g/mol. The van der Waals surface area contributed by atoms with Crippen molar-refractivity contribution in [3.8, 4) is 0 Å². The Labute approximate surface area is 148 Å². The molecular weight excluding hydrogens is 320 g/mol. The zero-order valence-electron chi connectivity index (χ0n) is 15.0. The van der Waals surface area contributed by atoms with E-state index in [0.29, 0.717) is 31.1 Å². The molecule has 0 bridgehead atoms. The number of carbonyl (C=O) groups excluding carboxylic acids is 2. The van der Waals surface area contributed by atoms with Gasteiger partial charge in [-0.3, -0.25) is 14.5 Å². The number of amides is 2. The molecule has 0 N–H and O–H groups in total. The first-order valence-corrected chi connectivity index (χ1v) is 9.18. The maximum Gasteiger partial charge on any atom is 0.276 e. The zero-order valence-corrected chi connectivity index (χ0v) is 15.0. The van der Waals surface area contributed by atoms with Crippen LogP contribution in [0.4, 0.5) is 0 Å². The summed E-state index contributed by atoms with van der Waals surface area (Å²) in [4.78, 5) is 35.4. The Hall–Kier alpha value is -1.89. The Morgan fingerprint density at radius 3 is 2.80 bits per heavy atom. The molecule has 1 atom stereocenters. The third-order valence-corrected chi connectivity index (χ3v) is 6.18. The van der Waals surface area contributed by atoms with Crippen LogP contribution >= 0.6 is 0 Å². The smallest absolute Gasteiger partial charge is 0.276 e. The van der Waals surface area contributed by atoms with E-state index in [4.69, 9.17) is 4.42 Å². The van der Waals surface area contributed by atoms with E-state index < -0.39 is 0 Å². The number of oxazole rings is 1. The summed E-state index contributed by atoms with van der Waals surface area (Å²) in [6.07, 6.45) is 5.79. The summed E-state index contributed by atoms with van der Waals surface area (Å²) >= 11 is 0. The minimum Gasteiger partial charge on any atom is -0.447 e. The molecule has 136 valence electrons. The van der Waals surface area contributed by atoms with E-state index in [-0.39, 0.29) is 17.4 Å². The van der Waals surface area contributed by atoms with Gasteiger partial charge < -0.3 is 14.2 Å². The van der Waals surface area contributed by atoms with Gasteiger partial charge in [0.15, 0.2) is 12.1 Å². The fraction of sp³-hybridized carbons (Fsp3) is 0.722. The zero-order chi connectivity index (χ0) is 17.6. The van der Waals surface area contributed by atoms with Crippen LogP contribution in [-0.2, 0) is 4.79 Å². The molecule has 7 heteroatoms. The van der Waals surface area contributed by atoms with Gasteiger partial charge in [-0.25, -0.2) is 4.98 Å². The lowest BCUT2D eigenvalue weighted by Crippen LogP contribution is -2.62. The molecule has 1 aromatic heterocycles. The lowest BCUT2D eigenvalue weighted by molar-refractivity contribution is -0.129. The van der Waals surface area contributed by atoms with Crippen LogP contribution in [0.5, 0.6) is 0 Å². The Morgan fingerprint density at radius 1 is 1.24 bits per heavy atom. The van der Waals surface area contributed by atoms with Crippen molar-refractivity contribution < 1.29 is 14.0 Å². The van der Waals surface area contributed by atoms with Crippen LogP contribution in [0.2, 0.25) is 0 Å². The van der Waals surface area contributed by atoms with Crippen molar-refractivity contribution in [1.29, 1.82) is 0 Å². The summed E-state index contributed by atoms with van der Waals surface area (Å²) < 4.78 is 5.49. The summed E-state index contributed by atoms with van der Waals surface area (Å²) in [5, 5.41) is 0. The molecule has 2 amide bonds. The number of hydrogen-bond donors (Lipinski definition) is 0. The quantitative estimate of drug-likeness (QED) is 0.808. The standard InChI is InChI=1S/C18H26N4O3/c1-20-8-7-18(6-5-14(20)23)11-22(10-9-21(18)2)17(24)15-16(13-3-4-13)25-12-19-15/h12-13H,3-11H2,1-2H3. The molecule has 4 rings (SSSR count). The fourth-order valence-corrected chi connectivity index (χ4v) is 4.13. The van der Waals surface area contributed by atoms with Crippen molar-refractivity contribution >= 4 is 11.8 Å². The number of nitrogens with zero attached hydrogens (tertiary/aromatic N) is 4. The Morgan fingerprint density at radius 2 is 2.04 bits per heavy atom. The normalized spacial score (nSPS) is 28.5. The van der Waals surface area contributed by atoms with Crippen LogP contribution in [0.3, 0.4) is 0 Å². The summed E-state index contributed by atoms with van der Waals surface area (Å²) in [5.41, 5.74) is 0.363. The molecule has 0 aromatic carbocycles. The number of aromatic nitrogens is 1. The highest BCUT2D eigenvalue weighted by molar-refractivity contribution is 5.93. The van der Waals surface area contributed by atoms with Gasteiger partial charge in [0, 0.05) is 51.1 Å². The van der Waals surface area contributed by atoms with Gasteiger partial charge in [-0.15, -0.1) is 0 Å². The Bertz CT molecular complexity index is 684. The SMILES string of the molecule is CN1CCC2(CCC1=O)CN(C(=O)c1ncoc1C1CC1)CCN2C. The van der Waals surface area contributed by atoms with Crippen molar-refractivity contribution in [1.82, 2.24) is 19.7 Å². The third kappa shape index (κ3) is 2.94. The molecule has 3 heterocycles. The largest absolute Gasteiger partial charge is 0.447 e. The Balaban J connectivity index is 1.54. The van der Waals surface area contributed by atoms with Gasteiger partial charge in [0.05, 0.1) is 0 Å². The van der Waals surface area contributed by atoms with Crippen molar-refractivity contribution in [2.75, 3.05) is 40.3 Å². The highest BCUT2D eigenvalue weighted by Crippen LogP contribution is 2.42. The molecule has 0 radical (unpaired) electrons. The van der Waals surface area contributed by atoms with Gasteiger partial charge in [0.1, 0.15) is 5.76 Å². The summed E-state index contributed by atoms with van der Waals surface area (Å²) in [7, 11) is 3.98. The molecule has 3 fully saturated rings. The molecule has 1 unspecified atom stereocenters. The van der Waals surface area contributed by atoms with E-state index in [1.54, 1.807) is 0 Å². The van der Waals surface area contributed by atoms with Gasteiger partial charge in [0.2, 0.25) is 5.91 Å². The monoisotopic (exact) mass is 346 g/mol. The molecule has 1 aliphatic carbocycles. The van der Waals surface area contributed by atoms with E-state index in [0.717, 1.165) is 44.5 Å². The van der Waals surface area contributed by atoms with Crippen LogP contribution < -0.4 is 0 Å². The van der Waals surface area contributed by atoms with Crippen molar-refractivity contribution in [3.05, 3.63) is 17.8 Å². The molecule has 1 saturated carbocycles. The molecule has 2 aliphatic heterocycles. The first kappa shape index (κ1) is 16.6. The predicted molar refractivity (Wildman–Crippen MR) is 91.2 cm³/mol. The maximum absolute atomic E-state index is 13.1. The van der Waals surface area contributed by atoms with Crippen molar-refractivity contribution in [2.24, 2.45) is 0 Å². The molecule has 25 heavy (non-hydrogen) atoms. The number of carbonyl (C=O) groups is 2. The first-order valence-electron chi connectivity index (χ1n) is 9.18. The van der Waals surface area contributed by atoms with Crippen LogP contribution in [0.15, 0.2) is 10.8 Å². The van der Waals surface area contributed by atoms with Gasteiger partial charge in [-0.1, -0.05) is 0 Å². The summed E-state index contributed by atoms with van der Waals surface area (Å²) in [5.74, 6) is 1.30. The second-order valence-electron chi connectivity index (χ2n) is 7.78. The molecule has 1 spiro atoms. The lowest BCUT2D eigenvalue weighted by Gasteiger charge is -2.49. The first-order chi connectivity index (χ1) is 12.0. The molecule has 1 aromatic rings. The minimum atomic E-state index is -0.127. The van der Waals surface area contributed by atoms with E-state index >= 15 is 0 Å². The number of hydrogen-bond acceptors (Lipinski definition) is 5. The van der Waals surface area contributed by atoms with Crippen LogP contribution in [-0.4, -0.2) is 77.3 Å². The van der Waals surface area contributed by atoms with E-state index in [2.05, 4.69) is 16.9 Å². The number of likely N-dealkylation sites (N-methyl/N-ethyl adjacent to an activating group) is 1. The number of likely N-dealkylation sites (tertiary alicyclic amines) is 1. The van der Waals surface area contributed by atoms with Crippen LogP contribution in [0.25, 0.3) is 0 Å². The van der Waals surface area contributed by atoms with Crippen LogP contribution in [0.1, 0.15) is 54.3 Å². The van der Waals surface area contributed by atoms with Crippen molar-refractivity contribution in [3.63, 3.8) is 0 Å². The minimum absolute atomic E-state index is 0.0212. The van der Waals surface area contributed by atoms with Crippen LogP contribution in [0, 0.1) is 0 Å². The van der Waals surface area contributed by atoms with Gasteiger partial charge in [0.25, 0.3) is 5.91 Å². The molecule has 7 nitrogen and oxygen atoms in total. The van der Waals surface area contributed by atoms with E-state index in [1.165, 1.54) is 6.39 Å². The predicted octanol–water partition coefficient (Wildman–Crippen LogP) is 1.32. The third-order valence-electron chi connectivity index (χ3n) is 6.18. The van der Waals surface area contributed by atoms with E-state index in [9.17, 15) is 9.59 Å². The molecule has 2 saturated heterocycles. The Kier molecular flexibility index (Phi) is 4.06. The number of piperazine rings is 1. The second-order valence-corrected chi connectivity index (χ2v) is 7.78. The lowest BCUT2D eigenvalue weighted by atomic mass is 9.86. The van der Waals surface area contributed by atoms with Gasteiger partial charge in [-0.05, 0) is 32.7 Å². The highest BCUT2D eigenvalue weighted by atomic mass is 16.3. The highest BCUT2D eigenvalue weighted by Gasteiger charge is 2.44. The van der Waals surface area contributed by atoms with Gasteiger partial charge >= 0.3 is 0 Å². The average Bonchev–Trinajstić information content (AvgIpc) is 3.37. The summed E-state index contributed by atoms with van der Waals surface area (Å²) in [6.45, 7) is 2.90. The second kappa shape index (κ2) is 6.12. The van der Waals surface area contributed by atoms with E-state index in [1.807, 2.05) is 16.8 Å². The maximum atomic E-state index is 13.1. The molecule has 3 aliphatic rings. The number of rotatable bonds is 2. The fourth-order valence-electron chi connectivity index (χ4n) is 4.13.